The number of nitrogens with zero attached hydrogens (tertiary/aromatic N) is 1. The number of benzene rings is 1. The molecule has 3 rings (SSSR count). The molecule has 0 spiro atoms. The number of H-pyrrole nitrogens is 1. The Morgan fingerprint density at radius 1 is 1.24 bits per heavy atom. The van der Waals surface area contributed by atoms with Gasteiger partial charge in [0.15, 0.2) is 0 Å². The number of aryl methyl sites for hydroxylation is 1. The van der Waals surface area contributed by atoms with E-state index in [1.54, 1.807) is 26.0 Å². The van der Waals surface area contributed by atoms with Crippen molar-refractivity contribution in [2.45, 2.75) is 19.9 Å². The Morgan fingerprint density at radius 3 is 2.52 bits per heavy atom. The number of halogens is 1. The molecule has 1 unspecified atom stereocenters. The van der Waals surface area contributed by atoms with Crippen molar-refractivity contribution < 1.29 is 23.5 Å². The number of ether oxygens (including phenoxy) is 2. The Morgan fingerprint density at radius 2 is 1.90 bits per heavy atom. The monoisotopic (exact) mass is 403 g/mol. The molecule has 0 radical (unpaired) electrons. The van der Waals surface area contributed by atoms with E-state index in [0.29, 0.717) is 42.3 Å². The third-order valence-corrected chi connectivity index (χ3v) is 5.25. The molecule has 1 aromatic heterocycles. The summed E-state index contributed by atoms with van der Waals surface area (Å²) < 4.78 is 23.6. The number of rotatable bonds is 6. The molecule has 29 heavy (non-hydrogen) atoms. The second kappa shape index (κ2) is 9.19. The molecule has 0 bridgehead atoms. The van der Waals surface area contributed by atoms with Crippen LogP contribution in [0.15, 0.2) is 24.3 Å². The third-order valence-electron chi connectivity index (χ3n) is 5.25. The van der Waals surface area contributed by atoms with Gasteiger partial charge in [-0.15, -0.1) is 0 Å². The lowest BCUT2D eigenvalue weighted by atomic mass is 10.0. The number of methoxy groups -OCH3 is 1. The largest absolute Gasteiger partial charge is 0.465 e. The van der Waals surface area contributed by atoms with Crippen molar-refractivity contribution in [2.75, 3.05) is 40.0 Å². The molecule has 0 aliphatic carbocycles. The Hall–Kier alpha value is -2.71. The lowest BCUT2D eigenvalue weighted by Crippen LogP contribution is -2.44. The second-order valence-corrected chi connectivity index (χ2v) is 7.04. The minimum Gasteiger partial charge on any atom is -0.465 e. The average Bonchev–Trinajstić information content (AvgIpc) is 3.03. The van der Waals surface area contributed by atoms with Gasteiger partial charge in [0, 0.05) is 25.3 Å². The molecule has 2 aromatic rings. The van der Waals surface area contributed by atoms with E-state index in [2.05, 4.69) is 15.2 Å². The van der Waals surface area contributed by atoms with Gasteiger partial charge in [0.1, 0.15) is 11.5 Å². The molecule has 8 heteroatoms. The number of esters is 1. The highest BCUT2D eigenvalue weighted by molar-refractivity contribution is 6.00. The van der Waals surface area contributed by atoms with Crippen LogP contribution in [0, 0.1) is 19.7 Å². The first-order valence-corrected chi connectivity index (χ1v) is 9.55. The summed E-state index contributed by atoms with van der Waals surface area (Å²) in [6.07, 6.45) is 0. The van der Waals surface area contributed by atoms with Crippen molar-refractivity contribution in [2.24, 2.45) is 0 Å². The number of carbonyl (C=O) groups excluding carboxylic acids is 2. The summed E-state index contributed by atoms with van der Waals surface area (Å²) in [4.78, 5) is 30.0. The van der Waals surface area contributed by atoms with Crippen molar-refractivity contribution in [3.8, 4) is 0 Å². The third kappa shape index (κ3) is 4.65. The fourth-order valence-corrected chi connectivity index (χ4v) is 3.69. The second-order valence-electron chi connectivity index (χ2n) is 7.04. The Kier molecular flexibility index (Phi) is 6.66. The minimum atomic E-state index is -0.479. The number of hydrogen-bond donors (Lipinski definition) is 2. The maximum atomic E-state index is 13.4. The van der Waals surface area contributed by atoms with Crippen molar-refractivity contribution in [1.82, 2.24) is 15.2 Å². The predicted molar refractivity (Wildman–Crippen MR) is 105 cm³/mol. The molecule has 2 N–H and O–H groups in total. The lowest BCUT2D eigenvalue weighted by molar-refractivity contribution is 0.0162. The molecule has 7 nitrogen and oxygen atoms in total. The zero-order valence-corrected chi connectivity index (χ0v) is 16.9. The van der Waals surface area contributed by atoms with Crippen LogP contribution >= 0.6 is 0 Å². The molecule has 156 valence electrons. The lowest BCUT2D eigenvalue weighted by Gasteiger charge is -2.35. The Labute approximate surface area is 169 Å². The maximum Gasteiger partial charge on any atom is 0.339 e. The molecule has 1 aliphatic rings. The van der Waals surface area contributed by atoms with Gasteiger partial charge in [-0.25, -0.2) is 9.18 Å². The summed E-state index contributed by atoms with van der Waals surface area (Å²) in [5.41, 5.74) is 2.77. The van der Waals surface area contributed by atoms with Crippen LogP contribution in [0.4, 0.5) is 4.39 Å². The SMILES string of the molecule is COC(=O)c1c(C)[nH]c(C(=O)NCC(c2ccc(F)cc2)N2CCOCC2)c1C. The topological polar surface area (TPSA) is 83.7 Å². The summed E-state index contributed by atoms with van der Waals surface area (Å²) in [7, 11) is 1.31. The fourth-order valence-electron chi connectivity index (χ4n) is 3.69. The molecule has 2 heterocycles. The molecule has 1 amide bonds. The van der Waals surface area contributed by atoms with Crippen molar-refractivity contribution in [1.29, 1.82) is 0 Å². The zero-order valence-electron chi connectivity index (χ0n) is 16.9. The fraction of sp³-hybridized carbons (Fsp3) is 0.429. The molecule has 1 atom stereocenters. The van der Waals surface area contributed by atoms with Crippen LogP contribution in [-0.2, 0) is 9.47 Å². The number of hydrogen-bond acceptors (Lipinski definition) is 5. The number of carbonyl (C=O) groups is 2. The van der Waals surface area contributed by atoms with E-state index in [1.807, 2.05) is 0 Å². The van der Waals surface area contributed by atoms with Gasteiger partial charge >= 0.3 is 5.97 Å². The average molecular weight is 403 g/mol. The molecule has 1 aliphatic heterocycles. The van der Waals surface area contributed by atoms with Gasteiger partial charge < -0.3 is 19.8 Å². The molecule has 1 saturated heterocycles. The quantitative estimate of drug-likeness (QED) is 0.724. The van der Waals surface area contributed by atoms with E-state index in [-0.39, 0.29) is 17.8 Å². The van der Waals surface area contributed by atoms with Gasteiger partial charge in [-0.05, 0) is 37.1 Å². The van der Waals surface area contributed by atoms with E-state index >= 15 is 0 Å². The van der Waals surface area contributed by atoms with Gasteiger partial charge in [-0.2, -0.15) is 0 Å². The first-order valence-electron chi connectivity index (χ1n) is 9.55. The molecule has 1 aromatic carbocycles. The van der Waals surface area contributed by atoms with Gasteiger partial charge in [-0.3, -0.25) is 9.69 Å². The van der Waals surface area contributed by atoms with Crippen LogP contribution in [-0.4, -0.2) is 61.7 Å². The van der Waals surface area contributed by atoms with Gasteiger partial charge in [0.25, 0.3) is 5.91 Å². The molecule has 1 fully saturated rings. The van der Waals surface area contributed by atoms with Crippen LogP contribution in [0.25, 0.3) is 0 Å². The smallest absolute Gasteiger partial charge is 0.339 e. The van der Waals surface area contributed by atoms with Gasteiger partial charge in [0.05, 0.1) is 31.9 Å². The van der Waals surface area contributed by atoms with Gasteiger partial charge in [-0.1, -0.05) is 12.1 Å². The number of aromatic nitrogens is 1. The Bertz CT molecular complexity index is 873. The van der Waals surface area contributed by atoms with E-state index < -0.39 is 5.97 Å². The number of aromatic amines is 1. The van der Waals surface area contributed by atoms with Crippen LogP contribution < -0.4 is 5.32 Å². The summed E-state index contributed by atoms with van der Waals surface area (Å²) in [6, 6.07) is 6.21. The van der Waals surface area contributed by atoms with Crippen LogP contribution in [0.3, 0.4) is 0 Å². The highest BCUT2D eigenvalue weighted by Gasteiger charge is 2.26. The van der Waals surface area contributed by atoms with E-state index in [4.69, 9.17) is 9.47 Å². The summed E-state index contributed by atoms with van der Waals surface area (Å²) >= 11 is 0. The van der Waals surface area contributed by atoms with E-state index in [1.165, 1.54) is 19.2 Å². The molecular weight excluding hydrogens is 377 g/mol. The predicted octanol–water partition coefficient (Wildman–Crippen LogP) is 2.36. The number of nitrogens with one attached hydrogen (secondary N) is 2. The van der Waals surface area contributed by atoms with Crippen LogP contribution in [0.1, 0.15) is 43.7 Å². The van der Waals surface area contributed by atoms with Gasteiger partial charge in [0.2, 0.25) is 0 Å². The van der Waals surface area contributed by atoms with Crippen molar-refractivity contribution >= 4 is 11.9 Å². The normalized spacial score (nSPS) is 15.7. The number of morpholine rings is 1. The zero-order chi connectivity index (χ0) is 21.0. The van der Waals surface area contributed by atoms with Crippen LogP contribution in [0.2, 0.25) is 0 Å². The first-order chi connectivity index (χ1) is 13.9. The maximum absolute atomic E-state index is 13.4. The van der Waals surface area contributed by atoms with Crippen LogP contribution in [0.5, 0.6) is 0 Å². The molecule has 0 saturated carbocycles. The molecular formula is C21H26FN3O4. The first kappa shape index (κ1) is 21.0. The van der Waals surface area contributed by atoms with Crippen molar-refractivity contribution in [3.05, 3.63) is 58.2 Å². The summed E-state index contributed by atoms with van der Waals surface area (Å²) in [5, 5.41) is 2.95. The number of amides is 1. The highest BCUT2D eigenvalue weighted by atomic mass is 19.1. The summed E-state index contributed by atoms with van der Waals surface area (Å²) in [6.45, 7) is 6.47. The minimum absolute atomic E-state index is 0.111. The highest BCUT2D eigenvalue weighted by Crippen LogP contribution is 2.23. The van der Waals surface area contributed by atoms with E-state index in [0.717, 1.165) is 18.7 Å². The standard InChI is InChI=1S/C21H26FN3O4/c1-13-18(21(27)28-3)14(2)24-19(13)20(26)23-12-17(25-8-10-29-11-9-25)15-4-6-16(22)7-5-15/h4-7,17,24H,8-12H2,1-3H3,(H,23,26). The Balaban J connectivity index is 1.78. The van der Waals surface area contributed by atoms with Crippen molar-refractivity contribution in [3.63, 3.8) is 0 Å². The van der Waals surface area contributed by atoms with E-state index in [9.17, 15) is 14.0 Å². The summed E-state index contributed by atoms with van der Waals surface area (Å²) in [5.74, 6) is -1.08.